The van der Waals surface area contributed by atoms with Crippen LogP contribution in [0.2, 0.25) is 0 Å². The molecule has 3 aromatic carbocycles. The molecule has 0 aliphatic heterocycles. The largest absolute Gasteiger partial charge is 0.462 e. The highest BCUT2D eigenvalue weighted by atomic mass is 79.9. The van der Waals surface area contributed by atoms with Crippen LogP contribution < -0.4 is 10.0 Å². The molecule has 3 aromatic rings. The first kappa shape index (κ1) is 26.6. The minimum atomic E-state index is -3.96. The highest BCUT2D eigenvalue weighted by molar-refractivity contribution is 9.10. The lowest BCUT2D eigenvalue weighted by Gasteiger charge is -2.19. The van der Waals surface area contributed by atoms with Crippen LogP contribution in [0.5, 0.6) is 0 Å². The van der Waals surface area contributed by atoms with E-state index in [1.807, 2.05) is 37.3 Å². The summed E-state index contributed by atoms with van der Waals surface area (Å²) in [6, 6.07) is 20.5. The summed E-state index contributed by atoms with van der Waals surface area (Å²) in [5, 5.41) is 2.74. The fourth-order valence-corrected chi connectivity index (χ4v) is 4.68. The van der Waals surface area contributed by atoms with Crippen molar-refractivity contribution in [3.63, 3.8) is 0 Å². The molecule has 0 fully saturated rings. The van der Waals surface area contributed by atoms with E-state index in [1.54, 1.807) is 36.4 Å². The highest BCUT2D eigenvalue weighted by Gasteiger charge is 2.26. The molecule has 0 spiro atoms. The van der Waals surface area contributed by atoms with Gasteiger partial charge < -0.3 is 10.1 Å². The van der Waals surface area contributed by atoms with Crippen molar-refractivity contribution in [1.29, 1.82) is 0 Å². The summed E-state index contributed by atoms with van der Waals surface area (Å²) < 4.78 is 34.4. The minimum Gasteiger partial charge on any atom is -0.462 e. The molecular weight excluding hydrogens is 532 g/mol. The summed E-state index contributed by atoms with van der Waals surface area (Å²) in [5.74, 6) is -0.951. The van der Waals surface area contributed by atoms with Crippen LogP contribution in [0.3, 0.4) is 0 Å². The summed E-state index contributed by atoms with van der Waals surface area (Å²) in [4.78, 5) is 25.3. The molecule has 0 radical (unpaired) electrons. The molecule has 0 saturated carbocycles. The number of hydrogen-bond acceptors (Lipinski definition) is 5. The Morgan fingerprint density at radius 2 is 1.60 bits per heavy atom. The predicted molar refractivity (Wildman–Crippen MR) is 139 cm³/mol. The third kappa shape index (κ3) is 8.02. The maximum absolute atomic E-state index is 13.1. The number of halogens is 1. The number of carbonyl (C=O) groups excluding carboxylic acids is 2. The number of amides is 1. The number of rotatable bonds is 11. The maximum atomic E-state index is 13.1. The van der Waals surface area contributed by atoms with Crippen LogP contribution in [0, 0.1) is 0 Å². The Hall–Kier alpha value is -3.01. The molecule has 0 heterocycles. The number of nitrogens with one attached hydrogen (secondary N) is 2. The molecular formula is C26H27BrN2O5S. The van der Waals surface area contributed by atoms with E-state index in [0.717, 1.165) is 22.9 Å². The molecule has 7 nitrogen and oxygen atoms in total. The molecule has 0 aliphatic carbocycles. The van der Waals surface area contributed by atoms with Gasteiger partial charge in [0.15, 0.2) is 0 Å². The number of hydrogen-bond donors (Lipinski definition) is 2. The molecule has 2 N–H and O–H groups in total. The van der Waals surface area contributed by atoms with E-state index in [9.17, 15) is 18.0 Å². The summed E-state index contributed by atoms with van der Waals surface area (Å²) in [6.07, 6.45) is 1.87. The Morgan fingerprint density at radius 1 is 0.943 bits per heavy atom. The topological polar surface area (TPSA) is 102 Å². The molecule has 184 valence electrons. The summed E-state index contributed by atoms with van der Waals surface area (Å²) >= 11 is 3.29. The van der Waals surface area contributed by atoms with Gasteiger partial charge >= 0.3 is 5.97 Å². The SMILES string of the molecule is CCCCOC(=O)c1ccc(NC(=O)[C@H](Cc2ccccc2)NS(=O)(=O)c2ccc(Br)cc2)cc1. The first-order chi connectivity index (χ1) is 16.8. The normalized spacial score (nSPS) is 12.1. The van der Waals surface area contributed by atoms with Gasteiger partial charge in [0, 0.05) is 10.2 Å². The molecule has 0 unspecified atom stereocenters. The van der Waals surface area contributed by atoms with E-state index in [2.05, 4.69) is 26.0 Å². The van der Waals surface area contributed by atoms with Gasteiger partial charge in [-0.1, -0.05) is 59.6 Å². The minimum absolute atomic E-state index is 0.0532. The van der Waals surface area contributed by atoms with Crippen LogP contribution in [0.4, 0.5) is 5.69 Å². The Bertz CT molecular complexity index is 1230. The van der Waals surface area contributed by atoms with E-state index in [1.165, 1.54) is 12.1 Å². The van der Waals surface area contributed by atoms with Crippen molar-refractivity contribution < 1.29 is 22.7 Å². The van der Waals surface area contributed by atoms with E-state index < -0.39 is 27.9 Å². The average molecular weight is 559 g/mol. The van der Waals surface area contributed by atoms with Gasteiger partial charge in [0.1, 0.15) is 6.04 Å². The Kier molecular flexibility index (Phi) is 9.59. The lowest BCUT2D eigenvalue weighted by Crippen LogP contribution is -2.45. The zero-order valence-corrected chi connectivity index (χ0v) is 21.6. The summed E-state index contributed by atoms with van der Waals surface area (Å²) in [6.45, 7) is 2.36. The van der Waals surface area contributed by atoms with Crippen molar-refractivity contribution in [2.75, 3.05) is 11.9 Å². The molecule has 0 aliphatic rings. The molecule has 0 bridgehead atoms. The molecule has 0 saturated heterocycles. The second kappa shape index (κ2) is 12.6. The van der Waals surface area contributed by atoms with Crippen molar-refractivity contribution in [2.45, 2.75) is 37.1 Å². The molecule has 35 heavy (non-hydrogen) atoms. The monoisotopic (exact) mass is 558 g/mol. The summed E-state index contributed by atoms with van der Waals surface area (Å²) in [7, 11) is -3.96. The first-order valence-corrected chi connectivity index (χ1v) is 13.5. The third-order valence-corrected chi connectivity index (χ3v) is 7.16. The van der Waals surface area contributed by atoms with Crippen molar-refractivity contribution in [3.8, 4) is 0 Å². The number of esters is 1. The van der Waals surface area contributed by atoms with Crippen molar-refractivity contribution in [3.05, 3.63) is 94.5 Å². The quantitative estimate of drug-likeness (QED) is 0.256. The fourth-order valence-electron chi connectivity index (χ4n) is 3.22. The van der Waals surface area contributed by atoms with Gasteiger partial charge in [-0.15, -0.1) is 0 Å². The zero-order valence-electron chi connectivity index (χ0n) is 19.2. The van der Waals surface area contributed by atoms with Crippen LogP contribution >= 0.6 is 15.9 Å². The van der Waals surface area contributed by atoms with Gasteiger partial charge in [-0.05, 0) is 66.9 Å². The van der Waals surface area contributed by atoms with Crippen LogP contribution in [0.1, 0.15) is 35.7 Å². The van der Waals surface area contributed by atoms with Gasteiger partial charge in [-0.2, -0.15) is 4.72 Å². The highest BCUT2D eigenvalue weighted by Crippen LogP contribution is 2.17. The first-order valence-electron chi connectivity index (χ1n) is 11.2. The van der Waals surface area contributed by atoms with Crippen molar-refractivity contribution in [2.24, 2.45) is 0 Å². The maximum Gasteiger partial charge on any atom is 0.338 e. The van der Waals surface area contributed by atoms with E-state index in [4.69, 9.17) is 4.74 Å². The van der Waals surface area contributed by atoms with Crippen molar-refractivity contribution >= 4 is 43.5 Å². The number of sulfonamides is 1. The molecule has 9 heteroatoms. The van der Waals surface area contributed by atoms with Crippen LogP contribution in [-0.4, -0.2) is 32.9 Å². The van der Waals surface area contributed by atoms with E-state index in [0.29, 0.717) is 17.9 Å². The van der Waals surface area contributed by atoms with E-state index >= 15 is 0 Å². The standard InChI is InChI=1S/C26H27BrN2O5S/c1-2-3-17-34-26(31)20-9-13-22(14-10-20)28-25(30)24(18-19-7-5-4-6-8-19)29-35(32,33)23-15-11-21(27)12-16-23/h4-16,24,29H,2-3,17-18H2,1H3,(H,28,30)/t24-/m0/s1. The summed E-state index contributed by atoms with van der Waals surface area (Å²) in [5.41, 5.74) is 1.60. The molecule has 1 amide bonds. The predicted octanol–water partition coefficient (Wildman–Crippen LogP) is 4.93. The van der Waals surface area contributed by atoms with Crippen molar-refractivity contribution in [1.82, 2.24) is 4.72 Å². The number of ether oxygens (including phenoxy) is 1. The van der Waals surface area contributed by atoms with E-state index in [-0.39, 0.29) is 11.3 Å². The average Bonchev–Trinajstić information content (AvgIpc) is 2.85. The Labute approximate surface area is 214 Å². The van der Waals surface area contributed by atoms with Crippen LogP contribution in [0.15, 0.2) is 88.2 Å². The Balaban J connectivity index is 1.75. The van der Waals surface area contributed by atoms with Crippen LogP contribution in [0.25, 0.3) is 0 Å². The van der Waals surface area contributed by atoms with Gasteiger partial charge in [-0.3, -0.25) is 4.79 Å². The number of unbranched alkanes of at least 4 members (excludes halogenated alkanes) is 1. The second-order valence-corrected chi connectivity index (χ2v) is 10.5. The van der Waals surface area contributed by atoms with Crippen LogP contribution in [-0.2, 0) is 26.0 Å². The Morgan fingerprint density at radius 3 is 2.23 bits per heavy atom. The van der Waals surface area contributed by atoms with Gasteiger partial charge in [0.25, 0.3) is 0 Å². The smallest absolute Gasteiger partial charge is 0.338 e. The third-order valence-electron chi connectivity index (χ3n) is 5.14. The van der Waals surface area contributed by atoms with Gasteiger partial charge in [-0.25, -0.2) is 13.2 Å². The number of anilines is 1. The lowest BCUT2D eigenvalue weighted by molar-refractivity contribution is -0.117. The van der Waals surface area contributed by atoms with Gasteiger partial charge in [0.05, 0.1) is 17.1 Å². The fraction of sp³-hybridized carbons (Fsp3) is 0.231. The molecule has 0 aromatic heterocycles. The molecule has 3 rings (SSSR count). The second-order valence-electron chi connectivity index (χ2n) is 7.87. The zero-order chi connectivity index (χ0) is 25.3. The number of benzene rings is 3. The number of carbonyl (C=O) groups is 2. The van der Waals surface area contributed by atoms with Gasteiger partial charge in [0.2, 0.25) is 15.9 Å². The molecule has 1 atom stereocenters. The lowest BCUT2D eigenvalue weighted by atomic mass is 10.1.